The summed E-state index contributed by atoms with van der Waals surface area (Å²) in [6, 6.07) is -3.99. The Morgan fingerprint density at radius 1 is 0.592 bits per heavy atom. The normalized spacial score (nSPS) is 17.5. The number of esters is 2. The zero-order valence-electron chi connectivity index (χ0n) is 42.5. The first-order chi connectivity index (χ1) is 32.1. The number of nitrogens with zero attached hydrogens (tertiary/aromatic N) is 3. The molecule has 23 nitrogen and oxygen atoms in total. The number of carbonyl (C=O) groups excluding carboxylic acids is 7. The number of carboxylic acid groups (broad SMARTS) is 1. The largest absolute Gasteiger partial charge is 0.480 e. The molecule has 0 aromatic heterocycles. The third-order valence-corrected chi connectivity index (χ3v) is 8.65. The van der Waals surface area contributed by atoms with Crippen molar-refractivity contribution in [3.63, 3.8) is 0 Å². The average Bonchev–Trinajstić information content (AvgIpc) is 3.18. The molecular formula is C42H70Cl6N6O17. The van der Waals surface area contributed by atoms with E-state index in [0.29, 0.717) is 25.8 Å². The molecule has 29 heteroatoms. The Kier molecular flexibility index (Phi) is 28.0. The molecule has 2 aliphatic rings. The molecule has 4 atom stereocenters. The van der Waals surface area contributed by atoms with Gasteiger partial charge in [0, 0.05) is 27.3 Å². The molecule has 0 bridgehead atoms. The molecule has 0 aliphatic carbocycles. The van der Waals surface area contributed by atoms with Gasteiger partial charge < -0.3 is 53.6 Å². The number of hydrogen-bond acceptors (Lipinski definition) is 17. The van der Waals surface area contributed by atoms with Crippen LogP contribution in [0, 0.1) is 0 Å². The Bertz CT molecular complexity index is 1780. The minimum absolute atomic E-state index is 0.0708. The standard InChI is InChI=1S/C17H27Cl3N2O6.C16H26Cl3N3O6.C9H17NO5/c1-15(2,3)27-13(24)21-9-7-8-11(12(23)26-10-17(18,19)20)22(21)14(25)28-16(4,5)6;1-15(2,3)28-14(25)20-11(8-26-4)12(23)22-7-5-6-10(21-22)13(24)27-9-16(17,18)19;1-9(2,3)15-8(13)10-6(5-14-4)7(11)12/h11H,7-10H2,1-6H3;10-11,21H,5-9H2,1-4H3,(H,20,25);6H,5H2,1-4H3,(H,10,13)(H,11,12)/t11-;10-,11?;6-/m000/s1. The number of aliphatic carboxylic acids is 1. The fourth-order valence-corrected chi connectivity index (χ4v) is 5.79. The Balaban J connectivity index is 0.00000109. The highest BCUT2D eigenvalue weighted by atomic mass is 35.6. The number of rotatable bonds is 12. The number of hydrogen-bond donors (Lipinski definition) is 4. The summed E-state index contributed by atoms with van der Waals surface area (Å²) in [4.78, 5) is 96.7. The summed E-state index contributed by atoms with van der Waals surface area (Å²) in [5.74, 6) is -3.10. The van der Waals surface area contributed by atoms with Gasteiger partial charge in [-0.15, -0.1) is 0 Å². The van der Waals surface area contributed by atoms with Crippen LogP contribution in [0.2, 0.25) is 0 Å². The quantitative estimate of drug-likeness (QED) is 0.0870. The lowest BCUT2D eigenvalue weighted by Crippen LogP contribution is -2.61. The third kappa shape index (κ3) is 31.0. The first kappa shape index (κ1) is 67.6. The van der Waals surface area contributed by atoms with Crippen LogP contribution in [-0.2, 0) is 57.1 Å². The molecule has 2 aliphatic heterocycles. The Morgan fingerprint density at radius 3 is 1.42 bits per heavy atom. The summed E-state index contributed by atoms with van der Waals surface area (Å²) in [6.07, 6.45) is -1.52. The highest BCUT2D eigenvalue weighted by Gasteiger charge is 2.45. The van der Waals surface area contributed by atoms with Crippen LogP contribution in [0.25, 0.3) is 0 Å². The second kappa shape index (κ2) is 29.5. The molecule has 1 unspecified atom stereocenters. The van der Waals surface area contributed by atoms with Gasteiger partial charge in [-0.3, -0.25) is 14.6 Å². The van der Waals surface area contributed by atoms with E-state index >= 15 is 0 Å². The molecule has 2 saturated heterocycles. The Hall–Kier alpha value is -3.42. The SMILES string of the molecule is CC(C)(C)OC(=O)N1CCC[C@@H](C(=O)OCC(Cl)(Cl)Cl)N1C(=O)OC(C)(C)C.COCC(NC(=O)OC(C)(C)C)C(=O)N1CCC[C@@H](C(=O)OCC(Cl)(Cl)Cl)N1.COC[C@H](NC(=O)OC(C)(C)C)C(=O)O. The Labute approximate surface area is 444 Å². The monoisotopic (exact) mass is 1140 g/mol. The maximum absolute atomic E-state index is 12.8. The molecule has 71 heavy (non-hydrogen) atoms. The molecule has 2 rings (SSSR count). The van der Waals surface area contributed by atoms with E-state index in [1.165, 1.54) is 19.2 Å². The van der Waals surface area contributed by atoms with Gasteiger partial charge in [-0.05, 0) is 109 Å². The summed E-state index contributed by atoms with van der Waals surface area (Å²) in [7, 11) is 2.75. The van der Waals surface area contributed by atoms with E-state index in [-0.39, 0.29) is 26.2 Å². The molecule has 412 valence electrons. The molecular weight excluding hydrogens is 1070 g/mol. The summed E-state index contributed by atoms with van der Waals surface area (Å²) in [6.45, 7) is 19.7. The second-order valence-corrected chi connectivity index (χ2v) is 24.5. The van der Waals surface area contributed by atoms with Crippen LogP contribution in [0.1, 0.15) is 109 Å². The van der Waals surface area contributed by atoms with Crippen molar-refractivity contribution >= 4 is 118 Å². The number of carboxylic acids is 1. The molecule has 2 fully saturated rings. The van der Waals surface area contributed by atoms with Crippen LogP contribution in [0.3, 0.4) is 0 Å². The molecule has 0 aromatic rings. The topological polar surface area (TPSA) is 276 Å². The third-order valence-electron chi connectivity index (χ3n) is 8.00. The van der Waals surface area contributed by atoms with E-state index in [1.54, 1.807) is 83.1 Å². The van der Waals surface area contributed by atoms with Gasteiger partial charge in [0.25, 0.3) is 5.91 Å². The second-order valence-electron chi connectivity index (χ2n) is 19.5. The molecule has 4 N–H and O–H groups in total. The van der Waals surface area contributed by atoms with Gasteiger partial charge in [-0.2, -0.15) is 5.01 Å². The van der Waals surface area contributed by atoms with Gasteiger partial charge in [-0.1, -0.05) is 69.6 Å². The summed E-state index contributed by atoms with van der Waals surface area (Å²) in [5, 5.41) is 16.6. The van der Waals surface area contributed by atoms with Gasteiger partial charge in [-0.25, -0.2) is 39.2 Å². The number of ether oxygens (including phenoxy) is 8. The fourth-order valence-electron chi connectivity index (χ4n) is 5.47. The van der Waals surface area contributed by atoms with Gasteiger partial charge >= 0.3 is 42.3 Å². The summed E-state index contributed by atoms with van der Waals surface area (Å²) in [5.41, 5.74) is -0.227. The van der Waals surface area contributed by atoms with E-state index in [2.05, 4.69) is 20.8 Å². The number of hydrazine groups is 2. The van der Waals surface area contributed by atoms with Crippen molar-refractivity contribution in [3.05, 3.63) is 0 Å². The average molecular weight is 1140 g/mol. The molecule has 0 saturated carbocycles. The molecule has 2 heterocycles. The van der Waals surface area contributed by atoms with Crippen molar-refractivity contribution in [3.8, 4) is 0 Å². The molecule has 0 radical (unpaired) electrons. The highest BCUT2D eigenvalue weighted by Crippen LogP contribution is 2.29. The molecule has 0 spiro atoms. The van der Waals surface area contributed by atoms with Gasteiger partial charge in [0.15, 0.2) is 12.1 Å². The van der Waals surface area contributed by atoms with Crippen molar-refractivity contribution in [2.45, 2.75) is 163 Å². The van der Waals surface area contributed by atoms with Crippen LogP contribution in [-0.4, -0.2) is 176 Å². The maximum Gasteiger partial charge on any atom is 0.430 e. The number of methoxy groups -OCH3 is 2. The van der Waals surface area contributed by atoms with Crippen LogP contribution < -0.4 is 16.1 Å². The van der Waals surface area contributed by atoms with Crippen LogP contribution in [0.4, 0.5) is 19.2 Å². The van der Waals surface area contributed by atoms with Gasteiger partial charge in [0.2, 0.25) is 7.59 Å². The predicted octanol–water partition coefficient (Wildman–Crippen LogP) is 7.00. The van der Waals surface area contributed by atoms with Crippen molar-refractivity contribution in [2.75, 3.05) is 53.7 Å². The number of alkyl halides is 6. The van der Waals surface area contributed by atoms with Crippen LogP contribution >= 0.6 is 69.6 Å². The minimum Gasteiger partial charge on any atom is -0.480 e. The number of nitrogens with one attached hydrogen (secondary N) is 3. The zero-order valence-corrected chi connectivity index (χ0v) is 47.0. The van der Waals surface area contributed by atoms with E-state index in [1.807, 2.05) is 0 Å². The van der Waals surface area contributed by atoms with Crippen molar-refractivity contribution in [1.82, 2.24) is 31.1 Å². The smallest absolute Gasteiger partial charge is 0.430 e. The van der Waals surface area contributed by atoms with Gasteiger partial charge in [0.05, 0.1) is 13.2 Å². The molecule has 5 amide bonds. The van der Waals surface area contributed by atoms with Crippen LogP contribution in [0.5, 0.6) is 0 Å². The lowest BCUT2D eigenvalue weighted by Gasteiger charge is -2.42. The van der Waals surface area contributed by atoms with Crippen molar-refractivity contribution < 1.29 is 81.4 Å². The first-order valence-corrected chi connectivity index (χ1v) is 24.1. The highest BCUT2D eigenvalue weighted by molar-refractivity contribution is 6.68. The van der Waals surface area contributed by atoms with E-state index in [4.69, 9.17) is 108 Å². The van der Waals surface area contributed by atoms with Gasteiger partial charge in [0.1, 0.15) is 47.7 Å². The van der Waals surface area contributed by atoms with Crippen LogP contribution in [0.15, 0.2) is 0 Å². The van der Waals surface area contributed by atoms with Crippen molar-refractivity contribution in [2.24, 2.45) is 0 Å². The lowest BCUT2D eigenvalue weighted by atomic mass is 10.1. The number of halogens is 6. The minimum atomic E-state index is -1.80. The lowest BCUT2D eigenvalue weighted by molar-refractivity contribution is -0.161. The van der Waals surface area contributed by atoms with Crippen molar-refractivity contribution in [1.29, 1.82) is 0 Å². The first-order valence-electron chi connectivity index (χ1n) is 21.8. The summed E-state index contributed by atoms with van der Waals surface area (Å²) >= 11 is 33.6. The van der Waals surface area contributed by atoms with E-state index < -0.39 is 116 Å². The molecule has 0 aromatic carbocycles. The Morgan fingerprint density at radius 2 is 1.00 bits per heavy atom. The zero-order chi connectivity index (χ0) is 55.5. The van der Waals surface area contributed by atoms with E-state index in [0.717, 1.165) is 10.0 Å². The summed E-state index contributed by atoms with van der Waals surface area (Å²) < 4.78 is 36.9. The number of amides is 5. The maximum atomic E-state index is 12.8. The number of alkyl carbamates (subject to hydrolysis) is 2. The predicted molar refractivity (Wildman–Crippen MR) is 262 cm³/mol. The fraction of sp³-hybridized carbons (Fsp3) is 0.810. The van der Waals surface area contributed by atoms with E-state index in [9.17, 15) is 38.4 Å². The number of carbonyl (C=O) groups is 8.